The molecule has 1 aromatic heterocycles. The van der Waals surface area contributed by atoms with Crippen molar-refractivity contribution in [1.29, 1.82) is 0 Å². The van der Waals surface area contributed by atoms with Gasteiger partial charge in [0.1, 0.15) is 0 Å². The van der Waals surface area contributed by atoms with Gasteiger partial charge >= 0.3 is 0 Å². The second kappa shape index (κ2) is 5.98. The van der Waals surface area contributed by atoms with Crippen LogP contribution in [0.3, 0.4) is 0 Å². The first-order valence-electron chi connectivity index (χ1n) is 7.49. The fourth-order valence-electron chi connectivity index (χ4n) is 2.80. The standard InChI is InChI=1S/C21H19N/c1-4-8-18-17(5-2)15(3)11-13-19(18)21-14-12-16-9-6-7-10-20(16)22-21/h4-14H,2H2,1,3H3/b8-4-. The third-order valence-corrected chi connectivity index (χ3v) is 3.92. The maximum Gasteiger partial charge on any atom is 0.0715 e. The lowest BCUT2D eigenvalue weighted by atomic mass is 9.94. The van der Waals surface area contributed by atoms with Crippen LogP contribution in [0.5, 0.6) is 0 Å². The molecule has 0 aliphatic rings. The third-order valence-electron chi connectivity index (χ3n) is 3.92. The average Bonchev–Trinajstić information content (AvgIpc) is 2.55. The molecule has 108 valence electrons. The zero-order chi connectivity index (χ0) is 15.5. The first-order valence-corrected chi connectivity index (χ1v) is 7.49. The number of para-hydroxylation sites is 1. The van der Waals surface area contributed by atoms with E-state index in [1.807, 2.05) is 25.1 Å². The number of hydrogen-bond donors (Lipinski definition) is 0. The van der Waals surface area contributed by atoms with Crippen LogP contribution < -0.4 is 0 Å². The molecule has 2 aromatic carbocycles. The average molecular weight is 285 g/mol. The first-order chi connectivity index (χ1) is 10.7. The smallest absolute Gasteiger partial charge is 0.0715 e. The predicted molar refractivity (Wildman–Crippen MR) is 96.7 cm³/mol. The molecule has 0 saturated carbocycles. The number of aromatic nitrogens is 1. The van der Waals surface area contributed by atoms with Crippen LogP contribution in [-0.2, 0) is 0 Å². The summed E-state index contributed by atoms with van der Waals surface area (Å²) < 4.78 is 0. The summed E-state index contributed by atoms with van der Waals surface area (Å²) in [6, 6.07) is 16.7. The Morgan fingerprint density at radius 2 is 1.77 bits per heavy atom. The van der Waals surface area contributed by atoms with Gasteiger partial charge in [-0.05, 0) is 42.7 Å². The number of pyridine rings is 1. The third kappa shape index (κ3) is 2.46. The molecule has 0 unspecified atom stereocenters. The van der Waals surface area contributed by atoms with Gasteiger partial charge in [-0.1, -0.05) is 61.2 Å². The Hall–Kier alpha value is -2.67. The highest BCUT2D eigenvalue weighted by atomic mass is 14.7. The van der Waals surface area contributed by atoms with Crippen molar-refractivity contribution in [2.45, 2.75) is 13.8 Å². The minimum Gasteiger partial charge on any atom is -0.248 e. The monoisotopic (exact) mass is 285 g/mol. The molecule has 0 bridgehead atoms. The predicted octanol–water partition coefficient (Wildman–Crippen LogP) is 5.89. The van der Waals surface area contributed by atoms with Crippen LogP contribution in [0.2, 0.25) is 0 Å². The van der Waals surface area contributed by atoms with Crippen molar-refractivity contribution in [2.75, 3.05) is 0 Å². The van der Waals surface area contributed by atoms with E-state index in [0.29, 0.717) is 0 Å². The summed E-state index contributed by atoms with van der Waals surface area (Å²) in [5.41, 5.74) is 6.74. The molecule has 0 radical (unpaired) electrons. The molecular formula is C21H19N. The summed E-state index contributed by atoms with van der Waals surface area (Å²) in [7, 11) is 0. The van der Waals surface area contributed by atoms with Crippen LogP contribution in [0.15, 0.2) is 61.2 Å². The number of rotatable bonds is 3. The molecule has 0 spiro atoms. The second-order valence-electron chi connectivity index (χ2n) is 5.35. The molecule has 22 heavy (non-hydrogen) atoms. The van der Waals surface area contributed by atoms with Gasteiger partial charge in [-0.3, -0.25) is 0 Å². The lowest BCUT2D eigenvalue weighted by Gasteiger charge is -2.12. The first kappa shape index (κ1) is 14.3. The van der Waals surface area contributed by atoms with Crippen LogP contribution in [0.4, 0.5) is 0 Å². The Bertz CT molecular complexity index is 872. The highest BCUT2D eigenvalue weighted by molar-refractivity contribution is 5.85. The zero-order valence-electron chi connectivity index (χ0n) is 13.0. The molecule has 3 aromatic rings. The van der Waals surface area contributed by atoms with Crippen molar-refractivity contribution in [2.24, 2.45) is 0 Å². The van der Waals surface area contributed by atoms with E-state index in [0.717, 1.165) is 22.2 Å². The summed E-state index contributed by atoms with van der Waals surface area (Å²) in [4.78, 5) is 4.83. The number of allylic oxidation sites excluding steroid dienone is 1. The summed E-state index contributed by atoms with van der Waals surface area (Å²) >= 11 is 0. The minimum atomic E-state index is 0.995. The van der Waals surface area contributed by atoms with Gasteiger partial charge in [0.2, 0.25) is 0 Å². The Morgan fingerprint density at radius 3 is 2.55 bits per heavy atom. The summed E-state index contributed by atoms with van der Waals surface area (Å²) in [6.07, 6.45) is 6.12. The van der Waals surface area contributed by atoms with Crippen LogP contribution in [0.1, 0.15) is 23.6 Å². The van der Waals surface area contributed by atoms with Gasteiger partial charge < -0.3 is 0 Å². The highest BCUT2D eigenvalue weighted by Crippen LogP contribution is 2.30. The lowest BCUT2D eigenvalue weighted by Crippen LogP contribution is -1.93. The van der Waals surface area contributed by atoms with Gasteiger partial charge in [0.05, 0.1) is 11.2 Å². The Balaban J connectivity index is 2.27. The van der Waals surface area contributed by atoms with Crippen LogP contribution in [0.25, 0.3) is 34.3 Å². The number of nitrogens with zero attached hydrogens (tertiary/aromatic N) is 1. The van der Waals surface area contributed by atoms with E-state index in [1.54, 1.807) is 0 Å². The summed E-state index contributed by atoms with van der Waals surface area (Å²) in [5.74, 6) is 0. The van der Waals surface area contributed by atoms with Crippen LogP contribution >= 0.6 is 0 Å². The number of aryl methyl sites for hydroxylation is 1. The van der Waals surface area contributed by atoms with Gasteiger partial charge in [0.25, 0.3) is 0 Å². The van der Waals surface area contributed by atoms with E-state index in [1.165, 1.54) is 16.7 Å². The Morgan fingerprint density at radius 1 is 0.955 bits per heavy atom. The molecule has 3 rings (SSSR count). The quantitative estimate of drug-likeness (QED) is 0.585. The molecule has 0 aliphatic heterocycles. The number of hydrogen-bond acceptors (Lipinski definition) is 1. The second-order valence-corrected chi connectivity index (χ2v) is 5.35. The van der Waals surface area contributed by atoms with E-state index in [-0.39, 0.29) is 0 Å². The molecule has 0 fully saturated rings. The van der Waals surface area contributed by atoms with Gasteiger partial charge in [0.15, 0.2) is 0 Å². The van der Waals surface area contributed by atoms with Crippen molar-refractivity contribution >= 4 is 23.1 Å². The molecule has 0 amide bonds. The zero-order valence-corrected chi connectivity index (χ0v) is 13.0. The van der Waals surface area contributed by atoms with Crippen molar-refractivity contribution in [3.8, 4) is 11.3 Å². The maximum atomic E-state index is 4.83. The fourth-order valence-corrected chi connectivity index (χ4v) is 2.80. The minimum absolute atomic E-state index is 0.995. The van der Waals surface area contributed by atoms with Crippen molar-refractivity contribution < 1.29 is 0 Å². The van der Waals surface area contributed by atoms with Crippen molar-refractivity contribution in [3.05, 3.63) is 77.9 Å². The van der Waals surface area contributed by atoms with E-state index < -0.39 is 0 Å². The topological polar surface area (TPSA) is 12.9 Å². The fraction of sp³-hybridized carbons (Fsp3) is 0.0952. The summed E-state index contributed by atoms with van der Waals surface area (Å²) in [6.45, 7) is 8.11. The van der Waals surface area contributed by atoms with E-state index in [9.17, 15) is 0 Å². The molecule has 1 heterocycles. The molecule has 0 N–H and O–H groups in total. The molecular weight excluding hydrogens is 266 g/mol. The van der Waals surface area contributed by atoms with Crippen LogP contribution in [0, 0.1) is 6.92 Å². The Labute approximate surface area is 131 Å². The van der Waals surface area contributed by atoms with E-state index in [2.05, 4.69) is 62.1 Å². The Kier molecular flexibility index (Phi) is 3.88. The van der Waals surface area contributed by atoms with Crippen molar-refractivity contribution in [3.63, 3.8) is 0 Å². The molecule has 0 atom stereocenters. The van der Waals surface area contributed by atoms with Gasteiger partial charge in [-0.2, -0.15) is 0 Å². The number of benzene rings is 2. The van der Waals surface area contributed by atoms with E-state index >= 15 is 0 Å². The highest BCUT2D eigenvalue weighted by Gasteiger charge is 2.10. The normalized spacial score (nSPS) is 11.2. The van der Waals surface area contributed by atoms with E-state index in [4.69, 9.17) is 4.98 Å². The molecule has 1 nitrogen and oxygen atoms in total. The van der Waals surface area contributed by atoms with Crippen molar-refractivity contribution in [1.82, 2.24) is 4.98 Å². The molecule has 1 heteroatoms. The molecule has 0 aliphatic carbocycles. The van der Waals surface area contributed by atoms with Gasteiger partial charge in [-0.25, -0.2) is 4.98 Å². The largest absolute Gasteiger partial charge is 0.248 e. The molecule has 0 saturated heterocycles. The van der Waals surface area contributed by atoms with Gasteiger partial charge in [0, 0.05) is 10.9 Å². The maximum absolute atomic E-state index is 4.83. The SMILES string of the molecule is C=Cc1c(C)ccc(-c2ccc3ccccc3n2)c1/C=C\C. The number of fused-ring (bicyclic) bond motifs is 1. The van der Waals surface area contributed by atoms with Crippen LogP contribution in [-0.4, -0.2) is 4.98 Å². The van der Waals surface area contributed by atoms with Gasteiger partial charge in [-0.15, -0.1) is 0 Å². The lowest BCUT2D eigenvalue weighted by molar-refractivity contribution is 1.36. The summed E-state index contributed by atoms with van der Waals surface area (Å²) in [5, 5.41) is 1.16.